The molecule has 0 spiro atoms. The highest BCUT2D eigenvalue weighted by Gasteiger charge is 2.10. The highest BCUT2D eigenvalue weighted by Crippen LogP contribution is 2.31. The number of benzene rings is 14. The molecule has 0 saturated heterocycles. The van der Waals surface area contributed by atoms with Crippen molar-refractivity contribution in [2.24, 2.45) is 0 Å². The lowest BCUT2D eigenvalue weighted by Gasteiger charge is -2.12. The summed E-state index contributed by atoms with van der Waals surface area (Å²) in [4.78, 5) is 0. The van der Waals surface area contributed by atoms with E-state index in [-0.39, 0.29) is 0 Å². The third-order valence-electron chi connectivity index (χ3n) is 23.1. The summed E-state index contributed by atoms with van der Waals surface area (Å²) in [6.45, 7) is 53.0. The standard InChI is InChI=1S/6C15H18.2C11H16/c1-4-12-6-9-15-11(3)13(5-2)7-8-14(15)10-12;1-4-12-7-8-13(5-2)15-10-11(3)6-9-14(12)15;1-4-12-6-7-14-9-13(5-2)8-11(3)15(14)10-12;1-4-12-6-7-14-8-11(3)13(5-2)10-15(14)9-12;1-4-12-6-7-15-11(3)8-13(5-2)10-14(15)9-12;1-4-12-10-11(3)13(5-2)15-9-7-6-8-14(12)15;1-4-10-6-9(3)7-11(5-2)8-10;1-4-10-6-7-11(5-2)9(3)8-10/h6*6-10H,4-5H2,1-3H3;2*6-8H,4-5H2,1-3H3. The van der Waals surface area contributed by atoms with Crippen molar-refractivity contribution in [3.8, 4) is 0 Å². The maximum Gasteiger partial charge on any atom is -0.0147 e. The van der Waals surface area contributed by atoms with Crippen LogP contribution in [0, 0.1) is 55.4 Å². The zero-order valence-corrected chi connectivity index (χ0v) is 74.1. The first-order valence-electron chi connectivity index (χ1n) is 43.3. The van der Waals surface area contributed by atoms with E-state index in [0.29, 0.717) is 0 Å². The van der Waals surface area contributed by atoms with Crippen molar-refractivity contribution in [2.75, 3.05) is 0 Å². The van der Waals surface area contributed by atoms with Crippen molar-refractivity contribution in [2.45, 2.75) is 269 Å². The Balaban J connectivity index is 0.000000178. The average molecular weight is 1490 g/mol. The Morgan fingerprint density at radius 3 is 1.09 bits per heavy atom. The van der Waals surface area contributed by atoms with Crippen LogP contribution in [-0.4, -0.2) is 0 Å². The molecule has 0 radical (unpaired) electrons. The van der Waals surface area contributed by atoms with E-state index < -0.39 is 0 Å². The van der Waals surface area contributed by atoms with Gasteiger partial charge in [-0.15, -0.1) is 0 Å². The third kappa shape index (κ3) is 24.6. The largest absolute Gasteiger partial charge is 0.0616 e. The van der Waals surface area contributed by atoms with Gasteiger partial charge in [0.1, 0.15) is 0 Å². The quantitative estimate of drug-likeness (QED) is 0.0904. The molecule has 14 aromatic carbocycles. The summed E-state index contributed by atoms with van der Waals surface area (Å²) in [7, 11) is 0. The maximum atomic E-state index is 2.35. The zero-order chi connectivity index (χ0) is 81.6. The minimum Gasteiger partial charge on any atom is -0.0616 e. The molecule has 0 unspecified atom stereocenters. The zero-order valence-electron chi connectivity index (χ0n) is 74.1. The van der Waals surface area contributed by atoms with Crippen LogP contribution in [0.15, 0.2) is 218 Å². The first kappa shape index (κ1) is 89.8. The predicted molar refractivity (Wildman–Crippen MR) is 505 cm³/mol. The van der Waals surface area contributed by atoms with Crippen molar-refractivity contribution in [3.05, 3.63) is 352 Å². The van der Waals surface area contributed by atoms with E-state index in [1.165, 1.54) is 198 Å². The molecule has 588 valence electrons. The van der Waals surface area contributed by atoms with Crippen LogP contribution < -0.4 is 0 Å². The van der Waals surface area contributed by atoms with Crippen LogP contribution in [0.1, 0.15) is 244 Å². The molecule has 0 heteroatoms. The Hall–Kier alpha value is -9.36. The fourth-order valence-electron chi connectivity index (χ4n) is 15.9. The van der Waals surface area contributed by atoms with Gasteiger partial charge in [-0.05, 0) is 345 Å². The lowest BCUT2D eigenvalue weighted by atomic mass is 9.93. The predicted octanol–water partition coefficient (Wildman–Crippen LogP) is 31.9. The van der Waals surface area contributed by atoms with Crippen molar-refractivity contribution < 1.29 is 0 Å². The van der Waals surface area contributed by atoms with Gasteiger partial charge >= 0.3 is 0 Å². The summed E-state index contributed by atoms with van der Waals surface area (Å²) in [5.41, 5.74) is 34.5. The summed E-state index contributed by atoms with van der Waals surface area (Å²) in [5.74, 6) is 0. The van der Waals surface area contributed by atoms with Gasteiger partial charge < -0.3 is 0 Å². The van der Waals surface area contributed by atoms with Crippen LogP contribution in [0.2, 0.25) is 0 Å². The van der Waals surface area contributed by atoms with Gasteiger partial charge in [-0.1, -0.05) is 340 Å². The molecule has 0 bridgehead atoms. The highest BCUT2D eigenvalue weighted by molar-refractivity contribution is 5.92. The summed E-state index contributed by atoms with van der Waals surface area (Å²) in [5, 5.41) is 16.9. The van der Waals surface area contributed by atoms with Gasteiger partial charge in [0.15, 0.2) is 0 Å². The van der Waals surface area contributed by atoms with Gasteiger partial charge in [0.05, 0.1) is 0 Å². The van der Waals surface area contributed by atoms with E-state index in [1.807, 2.05) is 0 Å². The molecule has 0 nitrogen and oxygen atoms in total. The second-order valence-corrected chi connectivity index (χ2v) is 30.9. The highest BCUT2D eigenvalue weighted by atomic mass is 14.2. The van der Waals surface area contributed by atoms with Gasteiger partial charge in [-0.2, -0.15) is 0 Å². The molecule has 112 heavy (non-hydrogen) atoms. The van der Waals surface area contributed by atoms with Crippen LogP contribution in [-0.2, 0) is 103 Å². The Bertz CT molecular complexity index is 5290. The Kier molecular flexibility index (Phi) is 36.4. The molecule has 14 rings (SSSR count). The number of rotatable bonds is 16. The van der Waals surface area contributed by atoms with Crippen LogP contribution in [0.5, 0.6) is 0 Å². The molecule has 0 heterocycles. The third-order valence-corrected chi connectivity index (χ3v) is 23.1. The van der Waals surface area contributed by atoms with Gasteiger partial charge in [-0.3, -0.25) is 0 Å². The SMILES string of the molecule is CCc1cc(C)c(CC)c2ccccc12.CCc1cc(C)c2cc(CC)ccc2c1.CCc1cc(C)cc(CC)c1.CCc1ccc(CC)c(C)c1.CCc1ccc(CC)c2cc(C)ccc12.CCc1ccc2c(C)c(CC)ccc2c1.CCc1ccc2c(C)cc(CC)cc2c1.CCc1ccc2cc(C)c(CC)cc2c1. The van der Waals surface area contributed by atoms with Crippen molar-refractivity contribution in [1.82, 2.24) is 0 Å². The van der Waals surface area contributed by atoms with Gasteiger partial charge in [0, 0.05) is 0 Å². The molecule has 0 aliphatic carbocycles. The second kappa shape index (κ2) is 45.4. The summed E-state index contributed by atoms with van der Waals surface area (Å²) >= 11 is 0. The second-order valence-electron chi connectivity index (χ2n) is 30.9. The molecule has 0 aromatic heterocycles. The molecule has 0 saturated carbocycles. The maximum absolute atomic E-state index is 2.35. The molecule has 0 amide bonds. The molecule has 0 aliphatic rings. The monoisotopic (exact) mass is 1490 g/mol. The lowest BCUT2D eigenvalue weighted by Crippen LogP contribution is -1.93. The minimum atomic E-state index is 1.11. The number of hydrogen-bond acceptors (Lipinski definition) is 0. The Morgan fingerprint density at radius 1 is 0.161 bits per heavy atom. The number of aryl methyl sites for hydroxylation is 24. The first-order chi connectivity index (χ1) is 54.0. The lowest BCUT2D eigenvalue weighted by molar-refractivity contribution is 1.07. The molecule has 0 fully saturated rings. The molecular weight excluding hydrogens is 1350 g/mol. The van der Waals surface area contributed by atoms with Gasteiger partial charge in [0.25, 0.3) is 0 Å². The van der Waals surface area contributed by atoms with Crippen LogP contribution in [0.4, 0.5) is 0 Å². The number of fused-ring (bicyclic) bond motifs is 6. The molecular formula is C112H140. The smallest absolute Gasteiger partial charge is 0.0147 e. The van der Waals surface area contributed by atoms with E-state index in [0.717, 1.165) is 103 Å². The fraction of sp³-hybridized carbons (Fsp3) is 0.357. The molecule has 14 aromatic rings. The fourth-order valence-corrected chi connectivity index (χ4v) is 15.9. The Morgan fingerprint density at radius 2 is 0.545 bits per heavy atom. The van der Waals surface area contributed by atoms with E-state index in [4.69, 9.17) is 0 Å². The van der Waals surface area contributed by atoms with Crippen LogP contribution in [0.3, 0.4) is 0 Å². The van der Waals surface area contributed by atoms with Crippen molar-refractivity contribution in [1.29, 1.82) is 0 Å². The number of hydrogen-bond donors (Lipinski definition) is 0. The van der Waals surface area contributed by atoms with E-state index >= 15 is 0 Å². The van der Waals surface area contributed by atoms with Crippen LogP contribution >= 0.6 is 0 Å². The summed E-state index contributed by atoms with van der Waals surface area (Å²) in [6.07, 6.45) is 18.0. The average Bonchev–Trinajstić information content (AvgIpc) is 0.796. The topological polar surface area (TPSA) is 0 Å². The summed E-state index contributed by atoms with van der Waals surface area (Å²) < 4.78 is 0. The first-order valence-corrected chi connectivity index (χ1v) is 43.3. The minimum absolute atomic E-state index is 1.11. The molecule has 0 atom stereocenters. The molecule has 0 N–H and O–H groups in total. The van der Waals surface area contributed by atoms with Crippen LogP contribution in [0.25, 0.3) is 64.6 Å². The van der Waals surface area contributed by atoms with E-state index in [9.17, 15) is 0 Å². The van der Waals surface area contributed by atoms with E-state index in [2.05, 4.69) is 385 Å². The van der Waals surface area contributed by atoms with Gasteiger partial charge in [0.2, 0.25) is 0 Å². The van der Waals surface area contributed by atoms with Crippen molar-refractivity contribution >= 4 is 64.6 Å². The summed E-state index contributed by atoms with van der Waals surface area (Å²) in [6, 6.07) is 81.6. The Labute approximate surface area is 681 Å². The van der Waals surface area contributed by atoms with Gasteiger partial charge in [-0.25, -0.2) is 0 Å². The molecule has 0 aliphatic heterocycles. The van der Waals surface area contributed by atoms with Crippen molar-refractivity contribution in [3.63, 3.8) is 0 Å². The normalized spacial score (nSPS) is 10.7. The van der Waals surface area contributed by atoms with E-state index in [1.54, 1.807) is 0 Å².